The van der Waals surface area contributed by atoms with Crippen molar-refractivity contribution in [2.45, 2.75) is 26.3 Å². The predicted octanol–water partition coefficient (Wildman–Crippen LogP) is 4.19. The second-order valence-electron chi connectivity index (χ2n) is 6.52. The highest BCUT2D eigenvalue weighted by atomic mass is 32.1. The number of amides is 1. The van der Waals surface area contributed by atoms with Gasteiger partial charge >= 0.3 is 6.36 Å². The Labute approximate surface area is 174 Å². The van der Waals surface area contributed by atoms with E-state index in [1.807, 2.05) is 18.4 Å². The number of nitrogens with zero attached hydrogens (tertiary/aromatic N) is 2. The number of carbonyl (C=O) groups excluding carboxylic acids is 1. The first kappa shape index (κ1) is 21.7. The zero-order valence-electron chi connectivity index (χ0n) is 16.0. The monoisotopic (exact) mass is 437 g/mol. The average molecular weight is 437 g/mol. The van der Waals surface area contributed by atoms with Crippen molar-refractivity contribution in [1.82, 2.24) is 15.3 Å². The number of aryl methyl sites for hydroxylation is 1. The third-order valence-electron chi connectivity index (χ3n) is 4.06. The molecule has 0 spiro atoms. The number of halogens is 3. The molecule has 0 unspecified atom stereocenters. The number of hydrogen-bond donors (Lipinski definition) is 2. The van der Waals surface area contributed by atoms with Crippen molar-refractivity contribution in [1.29, 1.82) is 0 Å². The Morgan fingerprint density at radius 3 is 2.50 bits per heavy atom. The number of aliphatic hydroxyl groups excluding tert-OH is 1. The molecule has 2 heterocycles. The van der Waals surface area contributed by atoms with Crippen LogP contribution in [0, 0.1) is 6.92 Å². The van der Waals surface area contributed by atoms with Crippen molar-refractivity contribution >= 4 is 17.2 Å². The van der Waals surface area contributed by atoms with Gasteiger partial charge in [-0.2, -0.15) is 0 Å². The minimum Gasteiger partial charge on any atom is -0.406 e. The molecule has 0 bridgehead atoms. The van der Waals surface area contributed by atoms with E-state index >= 15 is 0 Å². The van der Waals surface area contributed by atoms with Gasteiger partial charge in [-0.15, -0.1) is 24.5 Å². The van der Waals surface area contributed by atoms with Gasteiger partial charge in [0.25, 0.3) is 5.91 Å². The zero-order valence-corrected chi connectivity index (χ0v) is 16.8. The zero-order chi connectivity index (χ0) is 21.9. The molecule has 0 saturated carbocycles. The molecular weight excluding hydrogens is 419 g/mol. The summed E-state index contributed by atoms with van der Waals surface area (Å²) in [5, 5.41) is 13.7. The van der Waals surface area contributed by atoms with Crippen LogP contribution < -0.4 is 10.1 Å². The van der Waals surface area contributed by atoms with Crippen molar-refractivity contribution < 1.29 is 27.8 Å². The van der Waals surface area contributed by atoms with Gasteiger partial charge in [0, 0.05) is 11.6 Å². The van der Waals surface area contributed by atoms with Gasteiger partial charge in [0.1, 0.15) is 11.4 Å². The van der Waals surface area contributed by atoms with Crippen molar-refractivity contribution in [2.24, 2.45) is 0 Å². The maximum atomic E-state index is 12.6. The number of thiophene rings is 1. The summed E-state index contributed by atoms with van der Waals surface area (Å²) in [6.07, 6.45) is -4.78. The van der Waals surface area contributed by atoms with Crippen molar-refractivity contribution in [3.63, 3.8) is 0 Å². The van der Waals surface area contributed by atoms with Gasteiger partial charge in [0.2, 0.25) is 0 Å². The Hall–Kier alpha value is -2.98. The first-order chi connectivity index (χ1) is 14.2. The Morgan fingerprint density at radius 2 is 1.93 bits per heavy atom. The molecule has 30 heavy (non-hydrogen) atoms. The molecule has 10 heteroatoms. The molecule has 0 aliphatic heterocycles. The minimum absolute atomic E-state index is 0.0821. The largest absolute Gasteiger partial charge is 0.573 e. The topological polar surface area (TPSA) is 84.3 Å². The molecule has 0 fully saturated rings. The number of alkyl halides is 3. The van der Waals surface area contributed by atoms with E-state index in [1.165, 1.54) is 41.7 Å². The molecule has 0 aliphatic carbocycles. The highest BCUT2D eigenvalue weighted by Gasteiger charge is 2.31. The number of aromatic nitrogens is 2. The summed E-state index contributed by atoms with van der Waals surface area (Å²) in [4.78, 5) is 22.2. The van der Waals surface area contributed by atoms with E-state index in [-0.39, 0.29) is 18.1 Å². The normalized spacial score (nSPS) is 12.5. The van der Waals surface area contributed by atoms with Gasteiger partial charge in [-0.3, -0.25) is 4.79 Å². The summed E-state index contributed by atoms with van der Waals surface area (Å²) < 4.78 is 41.0. The van der Waals surface area contributed by atoms with E-state index in [4.69, 9.17) is 0 Å². The van der Waals surface area contributed by atoms with Crippen LogP contribution in [-0.4, -0.2) is 40.0 Å². The molecule has 158 valence electrons. The SMILES string of the molecule is Cc1ccsc1-c1nc(C(=O)N[C@@H](C)CO)cc(-c2ccc(OC(F)(F)F)cc2)n1. The summed E-state index contributed by atoms with van der Waals surface area (Å²) in [5.41, 5.74) is 1.87. The van der Waals surface area contributed by atoms with Gasteiger partial charge < -0.3 is 15.2 Å². The lowest BCUT2D eigenvalue weighted by Crippen LogP contribution is -2.35. The molecule has 0 saturated heterocycles. The van der Waals surface area contributed by atoms with Gasteiger partial charge in [0.15, 0.2) is 5.82 Å². The second kappa shape index (κ2) is 8.80. The van der Waals surface area contributed by atoms with Crippen molar-refractivity contribution in [2.75, 3.05) is 6.61 Å². The van der Waals surface area contributed by atoms with Crippen LogP contribution in [0.2, 0.25) is 0 Å². The van der Waals surface area contributed by atoms with E-state index in [0.717, 1.165) is 10.4 Å². The highest BCUT2D eigenvalue weighted by Crippen LogP contribution is 2.30. The summed E-state index contributed by atoms with van der Waals surface area (Å²) in [6.45, 7) is 3.30. The smallest absolute Gasteiger partial charge is 0.406 e. The van der Waals surface area contributed by atoms with Crippen LogP contribution in [0.15, 0.2) is 41.8 Å². The molecule has 1 amide bonds. The van der Waals surface area contributed by atoms with Crippen LogP contribution in [0.5, 0.6) is 5.75 Å². The van der Waals surface area contributed by atoms with E-state index < -0.39 is 18.3 Å². The van der Waals surface area contributed by atoms with Gasteiger partial charge in [0.05, 0.1) is 17.2 Å². The number of ether oxygens (including phenoxy) is 1. The summed E-state index contributed by atoms with van der Waals surface area (Å²) >= 11 is 1.41. The molecule has 2 aromatic heterocycles. The average Bonchev–Trinajstić information content (AvgIpc) is 3.12. The number of aliphatic hydroxyl groups is 1. The first-order valence-corrected chi connectivity index (χ1v) is 9.75. The number of rotatable bonds is 6. The van der Waals surface area contributed by atoms with Crippen LogP contribution in [0.1, 0.15) is 23.0 Å². The Balaban J connectivity index is 2.02. The second-order valence-corrected chi connectivity index (χ2v) is 7.44. The summed E-state index contributed by atoms with van der Waals surface area (Å²) in [5.74, 6) is -0.519. The molecule has 6 nitrogen and oxygen atoms in total. The van der Waals surface area contributed by atoms with E-state index in [1.54, 1.807) is 6.92 Å². The fourth-order valence-electron chi connectivity index (χ4n) is 2.59. The maximum Gasteiger partial charge on any atom is 0.573 e. The van der Waals surface area contributed by atoms with Crippen molar-refractivity contribution in [3.05, 3.63) is 53.0 Å². The van der Waals surface area contributed by atoms with Gasteiger partial charge in [-0.05, 0) is 61.2 Å². The van der Waals surface area contributed by atoms with Crippen LogP contribution in [0.3, 0.4) is 0 Å². The Morgan fingerprint density at radius 1 is 1.23 bits per heavy atom. The van der Waals surface area contributed by atoms with Crippen LogP contribution in [0.4, 0.5) is 13.2 Å². The number of nitrogens with one attached hydrogen (secondary N) is 1. The molecule has 3 aromatic rings. The standard InChI is InChI=1S/C20H18F3N3O3S/c1-11-7-8-30-17(11)18-25-15(9-16(26-18)19(28)24-12(2)10-27)13-3-5-14(6-4-13)29-20(21,22)23/h3-9,12,27H,10H2,1-2H3,(H,24,28)/t12-/m0/s1. The molecule has 3 rings (SSSR count). The molecule has 0 aliphatic rings. The Kier molecular flexibility index (Phi) is 6.37. The Bertz CT molecular complexity index is 1040. The highest BCUT2D eigenvalue weighted by molar-refractivity contribution is 7.13. The maximum absolute atomic E-state index is 12.6. The van der Waals surface area contributed by atoms with Crippen molar-refractivity contribution in [3.8, 4) is 27.7 Å². The van der Waals surface area contributed by atoms with E-state index in [9.17, 15) is 23.1 Å². The molecular formula is C20H18F3N3O3S. The number of hydrogen-bond acceptors (Lipinski definition) is 6. The molecule has 2 N–H and O–H groups in total. The van der Waals surface area contributed by atoms with E-state index in [2.05, 4.69) is 20.0 Å². The minimum atomic E-state index is -4.78. The number of benzene rings is 1. The third kappa shape index (κ3) is 5.33. The lowest BCUT2D eigenvalue weighted by atomic mass is 10.1. The lowest BCUT2D eigenvalue weighted by molar-refractivity contribution is -0.274. The summed E-state index contributed by atoms with van der Waals surface area (Å²) in [7, 11) is 0. The van der Waals surface area contributed by atoms with Crippen LogP contribution in [-0.2, 0) is 0 Å². The van der Waals surface area contributed by atoms with Crippen LogP contribution >= 0.6 is 11.3 Å². The quantitative estimate of drug-likeness (QED) is 0.604. The molecule has 0 radical (unpaired) electrons. The first-order valence-electron chi connectivity index (χ1n) is 8.87. The van der Waals surface area contributed by atoms with Crippen LogP contribution in [0.25, 0.3) is 22.0 Å². The molecule has 1 aromatic carbocycles. The lowest BCUT2D eigenvalue weighted by Gasteiger charge is -2.13. The van der Waals surface area contributed by atoms with Gasteiger partial charge in [-0.25, -0.2) is 9.97 Å². The predicted molar refractivity (Wildman–Crippen MR) is 106 cm³/mol. The number of carbonyl (C=O) groups is 1. The van der Waals surface area contributed by atoms with E-state index in [0.29, 0.717) is 17.1 Å². The van der Waals surface area contributed by atoms with Gasteiger partial charge in [-0.1, -0.05) is 0 Å². The fraction of sp³-hybridized carbons (Fsp3) is 0.250. The third-order valence-corrected chi connectivity index (χ3v) is 5.07. The molecule has 1 atom stereocenters. The fourth-order valence-corrected chi connectivity index (χ4v) is 3.44. The summed E-state index contributed by atoms with van der Waals surface area (Å²) in [6, 6.07) is 8.07.